The molecule has 0 saturated heterocycles. The number of aliphatic hydroxyl groups excluding tert-OH is 1. The Labute approximate surface area is 121 Å². The van der Waals surface area contributed by atoms with Gasteiger partial charge in [-0.15, -0.1) is 5.92 Å². The molecule has 0 atom stereocenters. The van der Waals surface area contributed by atoms with Gasteiger partial charge in [0, 0.05) is 13.2 Å². The van der Waals surface area contributed by atoms with E-state index in [2.05, 4.69) is 16.8 Å². The lowest BCUT2D eigenvalue weighted by molar-refractivity contribution is 0.276. The Morgan fingerprint density at radius 3 is 2.95 bits per heavy atom. The molecule has 2 aromatic rings. The largest absolute Gasteiger partial charge is 0.396 e. The van der Waals surface area contributed by atoms with Crippen molar-refractivity contribution in [2.24, 2.45) is 0 Å². The number of rotatable bonds is 5. The van der Waals surface area contributed by atoms with E-state index in [1.165, 1.54) is 11.8 Å². The molecule has 1 N–H and O–H groups in total. The summed E-state index contributed by atoms with van der Waals surface area (Å²) in [5.41, 5.74) is 0.640. The van der Waals surface area contributed by atoms with E-state index in [-0.39, 0.29) is 12.2 Å². The number of aliphatic hydroxyl groups is 1. The Bertz CT molecular complexity index is 713. The number of nitrogens with zero attached hydrogens (tertiary/aromatic N) is 2. The standard InChI is InChI=1S/C15H16N2O2S/c1-2-3-11-20-15-16-13-8-5-4-7-12(13)14(19)17(15)9-6-10-18/h4-5,7-8,18H,6,9-11H2,1H3. The number of para-hydroxylation sites is 1. The fourth-order valence-corrected chi connectivity index (χ4v) is 2.70. The molecule has 5 heteroatoms. The van der Waals surface area contributed by atoms with Crippen LogP contribution in [-0.2, 0) is 6.54 Å². The Morgan fingerprint density at radius 2 is 2.20 bits per heavy atom. The van der Waals surface area contributed by atoms with Crippen LogP contribution in [0.5, 0.6) is 0 Å². The summed E-state index contributed by atoms with van der Waals surface area (Å²) < 4.78 is 1.63. The second-order valence-corrected chi connectivity index (χ2v) is 5.10. The van der Waals surface area contributed by atoms with Gasteiger partial charge in [-0.2, -0.15) is 0 Å². The van der Waals surface area contributed by atoms with Crippen LogP contribution in [0.25, 0.3) is 10.9 Å². The smallest absolute Gasteiger partial charge is 0.262 e. The summed E-state index contributed by atoms with van der Waals surface area (Å²) in [6, 6.07) is 7.31. The molecule has 1 heterocycles. The third-order valence-corrected chi connectivity index (χ3v) is 3.68. The van der Waals surface area contributed by atoms with E-state index in [0.29, 0.717) is 34.8 Å². The minimum atomic E-state index is -0.0593. The van der Waals surface area contributed by atoms with Crippen molar-refractivity contribution in [2.45, 2.75) is 25.0 Å². The van der Waals surface area contributed by atoms with Crippen molar-refractivity contribution in [1.82, 2.24) is 9.55 Å². The molecule has 104 valence electrons. The number of hydrogen-bond acceptors (Lipinski definition) is 4. The van der Waals surface area contributed by atoms with Crippen LogP contribution in [0.15, 0.2) is 34.2 Å². The second-order valence-electron chi connectivity index (χ2n) is 4.16. The molecule has 0 aliphatic heterocycles. The second kappa shape index (κ2) is 7.13. The van der Waals surface area contributed by atoms with Crippen molar-refractivity contribution >= 4 is 22.7 Å². The highest BCUT2D eigenvalue weighted by Gasteiger charge is 2.10. The summed E-state index contributed by atoms with van der Waals surface area (Å²) in [7, 11) is 0. The lowest BCUT2D eigenvalue weighted by Gasteiger charge is -2.11. The number of thioether (sulfide) groups is 1. The normalized spacial score (nSPS) is 10.3. The molecule has 0 aliphatic carbocycles. The van der Waals surface area contributed by atoms with Gasteiger partial charge in [-0.05, 0) is 25.5 Å². The Hall–Kier alpha value is -1.77. The van der Waals surface area contributed by atoms with Crippen LogP contribution in [0.1, 0.15) is 13.3 Å². The molecule has 4 nitrogen and oxygen atoms in total. The monoisotopic (exact) mass is 288 g/mol. The number of benzene rings is 1. The predicted molar refractivity (Wildman–Crippen MR) is 81.9 cm³/mol. The van der Waals surface area contributed by atoms with Crippen molar-refractivity contribution in [3.8, 4) is 11.8 Å². The summed E-state index contributed by atoms with van der Waals surface area (Å²) in [5.74, 6) is 6.38. The highest BCUT2D eigenvalue weighted by Crippen LogP contribution is 2.17. The maximum absolute atomic E-state index is 12.5. The minimum Gasteiger partial charge on any atom is -0.396 e. The van der Waals surface area contributed by atoms with Crippen molar-refractivity contribution in [3.05, 3.63) is 34.6 Å². The summed E-state index contributed by atoms with van der Waals surface area (Å²) in [5, 5.41) is 10.2. The molecule has 0 unspecified atom stereocenters. The van der Waals surface area contributed by atoms with E-state index in [0.717, 1.165) is 0 Å². The van der Waals surface area contributed by atoms with Gasteiger partial charge in [0.15, 0.2) is 5.16 Å². The van der Waals surface area contributed by atoms with Crippen LogP contribution in [0.3, 0.4) is 0 Å². The number of hydrogen-bond donors (Lipinski definition) is 1. The van der Waals surface area contributed by atoms with E-state index < -0.39 is 0 Å². The van der Waals surface area contributed by atoms with Crippen molar-refractivity contribution in [1.29, 1.82) is 0 Å². The quantitative estimate of drug-likeness (QED) is 0.518. The summed E-state index contributed by atoms with van der Waals surface area (Å²) in [4.78, 5) is 17.0. The fraction of sp³-hybridized carbons (Fsp3) is 0.333. The summed E-state index contributed by atoms with van der Waals surface area (Å²) in [6.07, 6.45) is 0.535. The molecule has 0 spiro atoms. The molecule has 0 bridgehead atoms. The van der Waals surface area contributed by atoms with E-state index in [9.17, 15) is 4.79 Å². The van der Waals surface area contributed by atoms with Gasteiger partial charge in [-0.1, -0.05) is 29.8 Å². The van der Waals surface area contributed by atoms with Gasteiger partial charge in [0.05, 0.1) is 16.7 Å². The van der Waals surface area contributed by atoms with Gasteiger partial charge >= 0.3 is 0 Å². The molecular weight excluding hydrogens is 272 g/mol. The molecule has 1 aromatic heterocycles. The van der Waals surface area contributed by atoms with Crippen molar-refractivity contribution < 1.29 is 5.11 Å². The molecule has 0 amide bonds. The van der Waals surface area contributed by atoms with E-state index >= 15 is 0 Å². The van der Waals surface area contributed by atoms with Crippen LogP contribution in [0.4, 0.5) is 0 Å². The van der Waals surface area contributed by atoms with Crippen LogP contribution in [-0.4, -0.2) is 27.0 Å². The van der Waals surface area contributed by atoms with E-state index in [1.54, 1.807) is 17.6 Å². The maximum Gasteiger partial charge on any atom is 0.262 e. The first-order valence-electron chi connectivity index (χ1n) is 6.40. The zero-order valence-electron chi connectivity index (χ0n) is 11.3. The van der Waals surface area contributed by atoms with E-state index in [1.807, 2.05) is 18.2 Å². The molecular formula is C15H16N2O2S. The molecule has 0 saturated carbocycles. The van der Waals surface area contributed by atoms with Crippen LogP contribution < -0.4 is 5.56 Å². The molecule has 20 heavy (non-hydrogen) atoms. The third kappa shape index (κ3) is 3.21. The zero-order chi connectivity index (χ0) is 14.4. The van der Waals surface area contributed by atoms with Gasteiger partial charge in [-0.25, -0.2) is 4.98 Å². The van der Waals surface area contributed by atoms with Crippen molar-refractivity contribution in [3.63, 3.8) is 0 Å². The highest BCUT2D eigenvalue weighted by atomic mass is 32.2. The molecule has 0 aliphatic rings. The molecule has 0 radical (unpaired) electrons. The zero-order valence-corrected chi connectivity index (χ0v) is 12.1. The Morgan fingerprint density at radius 1 is 1.40 bits per heavy atom. The molecule has 2 rings (SSSR count). The lowest BCUT2D eigenvalue weighted by Crippen LogP contribution is -2.24. The lowest BCUT2D eigenvalue weighted by atomic mass is 10.2. The average molecular weight is 288 g/mol. The summed E-state index contributed by atoms with van der Waals surface area (Å²) in [6.45, 7) is 2.31. The van der Waals surface area contributed by atoms with Crippen molar-refractivity contribution in [2.75, 3.05) is 12.4 Å². The van der Waals surface area contributed by atoms with Gasteiger partial charge in [0.1, 0.15) is 0 Å². The SMILES string of the molecule is CC#CCSc1nc2ccccc2c(=O)n1CCCO. The van der Waals surface area contributed by atoms with Gasteiger partial charge in [0.25, 0.3) is 5.56 Å². The topological polar surface area (TPSA) is 55.1 Å². The third-order valence-electron chi connectivity index (χ3n) is 2.82. The fourth-order valence-electron chi connectivity index (χ4n) is 1.86. The number of fused-ring (bicyclic) bond motifs is 1. The summed E-state index contributed by atoms with van der Waals surface area (Å²) >= 11 is 1.45. The van der Waals surface area contributed by atoms with E-state index in [4.69, 9.17) is 5.11 Å². The molecule has 0 fully saturated rings. The first-order valence-corrected chi connectivity index (χ1v) is 7.39. The van der Waals surface area contributed by atoms with Crippen LogP contribution in [0, 0.1) is 11.8 Å². The average Bonchev–Trinajstić information content (AvgIpc) is 2.47. The van der Waals surface area contributed by atoms with Crippen LogP contribution >= 0.6 is 11.8 Å². The number of aromatic nitrogens is 2. The molecule has 1 aromatic carbocycles. The predicted octanol–water partition coefficient (Wildman–Crippen LogP) is 1.89. The Balaban J connectivity index is 2.50. The minimum absolute atomic E-state index is 0.0537. The maximum atomic E-state index is 12.5. The van der Waals surface area contributed by atoms with Gasteiger partial charge < -0.3 is 5.11 Å². The van der Waals surface area contributed by atoms with Crippen LogP contribution in [0.2, 0.25) is 0 Å². The Kier molecular flexibility index (Phi) is 5.22. The first-order chi connectivity index (χ1) is 9.77. The van der Waals surface area contributed by atoms with Gasteiger partial charge in [-0.3, -0.25) is 9.36 Å². The van der Waals surface area contributed by atoms with Gasteiger partial charge in [0.2, 0.25) is 0 Å². The highest BCUT2D eigenvalue weighted by molar-refractivity contribution is 7.99. The first kappa shape index (κ1) is 14.6.